The predicted molar refractivity (Wildman–Crippen MR) is 80.5 cm³/mol. The van der Waals surface area contributed by atoms with Gasteiger partial charge in [-0.15, -0.1) is 0 Å². The van der Waals surface area contributed by atoms with Gasteiger partial charge in [-0.25, -0.2) is 0 Å². The van der Waals surface area contributed by atoms with Crippen molar-refractivity contribution in [2.75, 3.05) is 19.7 Å². The number of aryl methyl sites for hydroxylation is 1. The van der Waals surface area contributed by atoms with Crippen molar-refractivity contribution in [1.82, 2.24) is 5.32 Å². The van der Waals surface area contributed by atoms with Crippen molar-refractivity contribution in [3.05, 3.63) is 35.9 Å². The fourth-order valence-electron chi connectivity index (χ4n) is 2.70. The molecule has 2 heteroatoms. The molecule has 19 heavy (non-hydrogen) atoms. The van der Waals surface area contributed by atoms with Crippen LogP contribution in [0.2, 0.25) is 0 Å². The lowest BCUT2D eigenvalue weighted by molar-refractivity contribution is 0.0604. The molecule has 2 rings (SSSR count). The molecule has 0 radical (unpaired) electrons. The molecule has 0 aromatic heterocycles. The molecular weight excluding hydrogens is 234 g/mol. The van der Waals surface area contributed by atoms with Gasteiger partial charge in [-0.3, -0.25) is 0 Å². The van der Waals surface area contributed by atoms with Crippen molar-refractivity contribution in [3.63, 3.8) is 0 Å². The third-order valence-electron chi connectivity index (χ3n) is 3.85. The highest BCUT2D eigenvalue weighted by Crippen LogP contribution is 2.20. The van der Waals surface area contributed by atoms with Gasteiger partial charge in [0.15, 0.2) is 0 Å². The SMILES string of the molecule is c1ccc(CCCCNCCOC2CCCC2)cc1. The first kappa shape index (κ1) is 14.5. The summed E-state index contributed by atoms with van der Waals surface area (Å²) >= 11 is 0. The first-order chi connectivity index (χ1) is 9.45. The molecule has 1 saturated carbocycles. The van der Waals surface area contributed by atoms with Crippen LogP contribution in [0.4, 0.5) is 0 Å². The van der Waals surface area contributed by atoms with Crippen LogP contribution in [0.5, 0.6) is 0 Å². The Kier molecular flexibility index (Phi) is 6.97. The molecule has 0 bridgehead atoms. The topological polar surface area (TPSA) is 21.3 Å². The van der Waals surface area contributed by atoms with E-state index in [1.54, 1.807) is 0 Å². The van der Waals surface area contributed by atoms with Crippen molar-refractivity contribution in [1.29, 1.82) is 0 Å². The van der Waals surface area contributed by atoms with E-state index in [2.05, 4.69) is 35.6 Å². The summed E-state index contributed by atoms with van der Waals surface area (Å²) in [5.41, 5.74) is 1.45. The minimum atomic E-state index is 0.555. The van der Waals surface area contributed by atoms with Crippen molar-refractivity contribution in [2.24, 2.45) is 0 Å². The molecule has 1 fully saturated rings. The molecule has 0 aliphatic heterocycles. The van der Waals surface area contributed by atoms with Gasteiger partial charge in [-0.1, -0.05) is 43.2 Å². The summed E-state index contributed by atoms with van der Waals surface area (Å²) in [7, 11) is 0. The maximum atomic E-state index is 5.82. The average molecular weight is 261 g/mol. The molecule has 1 aliphatic carbocycles. The van der Waals surface area contributed by atoms with E-state index >= 15 is 0 Å². The fraction of sp³-hybridized carbons (Fsp3) is 0.647. The van der Waals surface area contributed by atoms with Gasteiger partial charge in [0.2, 0.25) is 0 Å². The van der Waals surface area contributed by atoms with E-state index < -0.39 is 0 Å². The molecule has 0 atom stereocenters. The van der Waals surface area contributed by atoms with Crippen LogP contribution >= 0.6 is 0 Å². The molecule has 0 spiro atoms. The van der Waals surface area contributed by atoms with Gasteiger partial charge in [0.25, 0.3) is 0 Å². The van der Waals surface area contributed by atoms with Gasteiger partial charge in [-0.05, 0) is 44.2 Å². The summed E-state index contributed by atoms with van der Waals surface area (Å²) in [6.45, 7) is 2.99. The fourth-order valence-corrected chi connectivity index (χ4v) is 2.70. The van der Waals surface area contributed by atoms with Crippen LogP contribution < -0.4 is 5.32 Å². The highest BCUT2D eigenvalue weighted by molar-refractivity contribution is 5.14. The largest absolute Gasteiger partial charge is 0.377 e. The average Bonchev–Trinajstić information content (AvgIpc) is 2.96. The zero-order chi connectivity index (χ0) is 13.2. The molecule has 1 aromatic rings. The maximum Gasteiger partial charge on any atom is 0.0594 e. The van der Waals surface area contributed by atoms with Gasteiger partial charge in [0, 0.05) is 6.54 Å². The third kappa shape index (κ3) is 6.22. The Morgan fingerprint density at radius 1 is 1.00 bits per heavy atom. The lowest BCUT2D eigenvalue weighted by atomic mass is 10.1. The molecule has 0 saturated heterocycles. The number of ether oxygens (including phenoxy) is 1. The van der Waals surface area contributed by atoms with Crippen molar-refractivity contribution in [2.45, 2.75) is 51.0 Å². The standard InChI is InChI=1S/C17H27NO/c1-2-8-16(9-3-1)10-6-7-13-18-14-15-19-17-11-4-5-12-17/h1-3,8-9,17-18H,4-7,10-15H2. The first-order valence-electron chi connectivity index (χ1n) is 7.81. The molecule has 2 nitrogen and oxygen atoms in total. The Balaban J connectivity index is 1.38. The number of rotatable bonds is 9. The molecule has 1 N–H and O–H groups in total. The van der Waals surface area contributed by atoms with Crippen LogP contribution in [0.25, 0.3) is 0 Å². The Morgan fingerprint density at radius 3 is 2.58 bits per heavy atom. The predicted octanol–water partition coefficient (Wildman–Crippen LogP) is 3.56. The third-order valence-corrected chi connectivity index (χ3v) is 3.85. The van der Waals surface area contributed by atoms with Gasteiger partial charge in [0.1, 0.15) is 0 Å². The van der Waals surface area contributed by atoms with Gasteiger partial charge in [0.05, 0.1) is 12.7 Å². The molecule has 0 heterocycles. The zero-order valence-corrected chi connectivity index (χ0v) is 11.9. The summed E-state index contributed by atoms with van der Waals surface area (Å²) in [6.07, 6.45) is 9.53. The summed E-state index contributed by atoms with van der Waals surface area (Å²) in [5, 5.41) is 3.47. The number of hydrogen-bond donors (Lipinski definition) is 1. The van der Waals surface area contributed by atoms with E-state index in [9.17, 15) is 0 Å². The van der Waals surface area contributed by atoms with Crippen LogP contribution in [-0.4, -0.2) is 25.8 Å². The van der Waals surface area contributed by atoms with Gasteiger partial charge < -0.3 is 10.1 Å². The summed E-state index contributed by atoms with van der Waals surface area (Å²) in [5.74, 6) is 0. The van der Waals surface area contributed by atoms with E-state index in [-0.39, 0.29) is 0 Å². The molecule has 1 aliphatic rings. The van der Waals surface area contributed by atoms with Crippen molar-refractivity contribution < 1.29 is 4.74 Å². The zero-order valence-electron chi connectivity index (χ0n) is 11.9. The van der Waals surface area contributed by atoms with Crippen LogP contribution in [0.3, 0.4) is 0 Å². The van der Waals surface area contributed by atoms with Crippen LogP contribution in [-0.2, 0) is 11.2 Å². The Labute approximate surface area is 117 Å². The van der Waals surface area contributed by atoms with E-state index in [4.69, 9.17) is 4.74 Å². The second-order valence-corrected chi connectivity index (χ2v) is 5.47. The van der Waals surface area contributed by atoms with Gasteiger partial charge in [-0.2, -0.15) is 0 Å². The number of benzene rings is 1. The molecule has 0 amide bonds. The Morgan fingerprint density at radius 2 is 1.79 bits per heavy atom. The number of nitrogens with one attached hydrogen (secondary N) is 1. The van der Waals surface area contributed by atoms with Crippen LogP contribution in [0, 0.1) is 0 Å². The summed E-state index contributed by atoms with van der Waals surface area (Å²) in [6, 6.07) is 10.7. The van der Waals surface area contributed by atoms with E-state index in [1.165, 1.54) is 50.5 Å². The first-order valence-corrected chi connectivity index (χ1v) is 7.81. The summed E-state index contributed by atoms with van der Waals surface area (Å²) in [4.78, 5) is 0. The maximum absolute atomic E-state index is 5.82. The van der Waals surface area contributed by atoms with E-state index in [1.807, 2.05) is 0 Å². The van der Waals surface area contributed by atoms with E-state index in [0.29, 0.717) is 6.10 Å². The molecular formula is C17H27NO. The van der Waals surface area contributed by atoms with Gasteiger partial charge >= 0.3 is 0 Å². The summed E-state index contributed by atoms with van der Waals surface area (Å²) < 4.78 is 5.82. The lowest BCUT2D eigenvalue weighted by Crippen LogP contribution is -2.23. The second-order valence-electron chi connectivity index (χ2n) is 5.47. The Hall–Kier alpha value is -0.860. The minimum Gasteiger partial charge on any atom is -0.377 e. The smallest absolute Gasteiger partial charge is 0.0594 e. The Bertz CT molecular complexity index is 319. The van der Waals surface area contributed by atoms with Crippen molar-refractivity contribution >= 4 is 0 Å². The van der Waals surface area contributed by atoms with E-state index in [0.717, 1.165) is 19.7 Å². The molecule has 0 unspecified atom stereocenters. The van der Waals surface area contributed by atoms with Crippen LogP contribution in [0.15, 0.2) is 30.3 Å². The van der Waals surface area contributed by atoms with Crippen LogP contribution in [0.1, 0.15) is 44.1 Å². The quantitative estimate of drug-likeness (QED) is 0.686. The highest BCUT2D eigenvalue weighted by atomic mass is 16.5. The lowest BCUT2D eigenvalue weighted by Gasteiger charge is -2.11. The minimum absolute atomic E-state index is 0.555. The normalized spacial score (nSPS) is 16.0. The highest BCUT2D eigenvalue weighted by Gasteiger charge is 2.14. The number of unbranched alkanes of at least 4 members (excludes halogenated alkanes) is 1. The molecule has 1 aromatic carbocycles. The number of hydrogen-bond acceptors (Lipinski definition) is 2. The molecule has 106 valence electrons. The monoisotopic (exact) mass is 261 g/mol. The van der Waals surface area contributed by atoms with Crippen molar-refractivity contribution in [3.8, 4) is 0 Å². The second kappa shape index (κ2) is 9.11.